The number of allylic oxidation sites excluding steroid dienone is 1. The van der Waals surface area contributed by atoms with E-state index >= 15 is 0 Å². The molecule has 9 heteroatoms. The molecule has 35 heavy (non-hydrogen) atoms. The van der Waals surface area contributed by atoms with Crippen LogP contribution in [0.2, 0.25) is 13.1 Å². The summed E-state index contributed by atoms with van der Waals surface area (Å²) in [5, 5.41) is 2.57. The maximum absolute atomic E-state index is 14.2. The zero-order valence-electron chi connectivity index (χ0n) is 21.5. The molecular weight excluding hydrogens is 464 g/mol. The Morgan fingerprint density at radius 2 is 1.94 bits per heavy atom. The van der Waals surface area contributed by atoms with E-state index in [0.29, 0.717) is 13.0 Å². The Morgan fingerprint density at radius 3 is 2.60 bits per heavy atom. The van der Waals surface area contributed by atoms with Gasteiger partial charge in [-0.15, -0.1) is 0 Å². The Morgan fingerprint density at radius 1 is 1.23 bits per heavy atom. The summed E-state index contributed by atoms with van der Waals surface area (Å²) in [7, 11) is -0.864. The Hall–Kier alpha value is -2.20. The van der Waals surface area contributed by atoms with E-state index in [-0.39, 0.29) is 24.0 Å². The SMILES string of the molecule is C/C=C1\[C@]23[C@@H]4CO[C@H]([C@@H]2O[Si]1(C)C)[C@@]1(C[C@@H]4N3C(=O)OC(C)(C)C)C(=O)N(OC)c2ccccc21. The lowest BCUT2D eigenvalue weighted by atomic mass is 9.64. The number of fused-ring (bicyclic) bond motifs is 2. The highest BCUT2D eigenvalue weighted by atomic mass is 28.4. The second-order valence-electron chi connectivity index (χ2n) is 11.8. The van der Waals surface area contributed by atoms with Gasteiger partial charge in [0, 0.05) is 12.0 Å². The summed E-state index contributed by atoms with van der Waals surface area (Å²) in [5.74, 6) is -0.122. The number of hydrogen-bond acceptors (Lipinski definition) is 6. The van der Waals surface area contributed by atoms with Gasteiger partial charge in [0.1, 0.15) is 28.8 Å². The number of para-hydroxylation sites is 1. The lowest BCUT2D eigenvalue weighted by Gasteiger charge is -2.65. The van der Waals surface area contributed by atoms with Gasteiger partial charge < -0.3 is 13.9 Å². The third-order valence-electron chi connectivity index (χ3n) is 8.67. The van der Waals surface area contributed by atoms with E-state index in [2.05, 4.69) is 19.2 Å². The minimum Gasteiger partial charge on any atom is -0.444 e. The highest BCUT2D eigenvalue weighted by Gasteiger charge is 2.83. The van der Waals surface area contributed by atoms with Crippen LogP contribution in [0.5, 0.6) is 0 Å². The number of nitrogens with zero attached hydrogens (tertiary/aromatic N) is 2. The first kappa shape index (κ1) is 23.2. The van der Waals surface area contributed by atoms with Crippen LogP contribution in [0.3, 0.4) is 0 Å². The van der Waals surface area contributed by atoms with E-state index in [4.69, 9.17) is 18.7 Å². The van der Waals surface area contributed by atoms with Gasteiger partial charge >= 0.3 is 6.09 Å². The van der Waals surface area contributed by atoms with Crippen molar-refractivity contribution in [1.82, 2.24) is 4.90 Å². The van der Waals surface area contributed by atoms with Gasteiger partial charge in [0.15, 0.2) is 0 Å². The minimum atomic E-state index is -2.38. The number of amides is 2. The van der Waals surface area contributed by atoms with Crippen molar-refractivity contribution < 1.29 is 28.3 Å². The Kier molecular flexibility index (Phi) is 4.62. The number of carbonyl (C=O) groups excluding carboxylic acids is 2. The molecule has 0 aliphatic carbocycles. The predicted octanol–water partition coefficient (Wildman–Crippen LogP) is 3.70. The van der Waals surface area contributed by atoms with Gasteiger partial charge in [0.2, 0.25) is 8.32 Å². The number of rotatable bonds is 1. The van der Waals surface area contributed by atoms with Gasteiger partial charge in [0.05, 0.1) is 19.4 Å². The summed E-state index contributed by atoms with van der Waals surface area (Å²) in [4.78, 5) is 35.5. The largest absolute Gasteiger partial charge is 0.444 e. The van der Waals surface area contributed by atoms with Gasteiger partial charge in [-0.3, -0.25) is 14.5 Å². The monoisotopic (exact) mass is 498 g/mol. The van der Waals surface area contributed by atoms with Crippen molar-refractivity contribution in [2.24, 2.45) is 5.92 Å². The average molecular weight is 499 g/mol. The van der Waals surface area contributed by atoms with Crippen LogP contribution in [0.25, 0.3) is 0 Å². The minimum absolute atomic E-state index is 0.0349. The van der Waals surface area contributed by atoms with Crippen molar-refractivity contribution in [3.05, 3.63) is 41.1 Å². The van der Waals surface area contributed by atoms with E-state index in [1.165, 1.54) is 17.4 Å². The molecule has 1 aromatic carbocycles. The van der Waals surface area contributed by atoms with Crippen molar-refractivity contribution in [1.29, 1.82) is 0 Å². The summed E-state index contributed by atoms with van der Waals surface area (Å²) < 4.78 is 19.5. The quantitative estimate of drug-likeness (QED) is 0.550. The van der Waals surface area contributed by atoms with Crippen molar-refractivity contribution in [2.45, 2.75) is 82.0 Å². The third-order valence-corrected chi connectivity index (χ3v) is 11.5. The molecule has 5 fully saturated rings. The van der Waals surface area contributed by atoms with Gasteiger partial charge in [-0.05, 0) is 64.0 Å². The third kappa shape index (κ3) is 2.57. The first-order valence-corrected chi connectivity index (χ1v) is 15.3. The summed E-state index contributed by atoms with van der Waals surface area (Å²) in [6.07, 6.45) is 1.22. The molecule has 4 bridgehead atoms. The van der Waals surface area contributed by atoms with Crippen LogP contribution in [0.1, 0.15) is 39.7 Å². The van der Waals surface area contributed by atoms with E-state index in [0.717, 1.165) is 11.3 Å². The Bertz CT molecular complexity index is 1160. The van der Waals surface area contributed by atoms with E-state index in [9.17, 15) is 9.59 Å². The average Bonchev–Trinajstić information content (AvgIpc) is 2.99. The highest BCUT2D eigenvalue weighted by Crippen LogP contribution is 2.68. The molecule has 8 nitrogen and oxygen atoms in total. The molecule has 0 radical (unpaired) electrons. The molecule has 2 amide bonds. The summed E-state index contributed by atoms with van der Waals surface area (Å²) in [6, 6.07) is 7.53. The zero-order valence-corrected chi connectivity index (χ0v) is 22.5. The number of benzene rings is 1. The van der Waals surface area contributed by atoms with Gasteiger partial charge in [-0.1, -0.05) is 24.3 Å². The molecule has 188 valence electrons. The maximum Gasteiger partial charge on any atom is 0.411 e. The summed E-state index contributed by atoms with van der Waals surface area (Å²) in [6.45, 7) is 12.5. The van der Waals surface area contributed by atoms with Crippen LogP contribution in [0, 0.1) is 5.92 Å². The molecule has 0 saturated carbocycles. The number of anilines is 1. The molecule has 0 N–H and O–H groups in total. The van der Waals surface area contributed by atoms with Crippen molar-refractivity contribution in [2.75, 3.05) is 18.8 Å². The van der Waals surface area contributed by atoms with Crippen LogP contribution >= 0.6 is 0 Å². The van der Waals surface area contributed by atoms with Crippen LogP contribution < -0.4 is 5.06 Å². The lowest BCUT2D eigenvalue weighted by molar-refractivity contribution is -0.214. The van der Waals surface area contributed by atoms with Crippen molar-refractivity contribution >= 4 is 26.0 Å². The molecule has 2 spiro atoms. The smallest absolute Gasteiger partial charge is 0.411 e. The van der Waals surface area contributed by atoms with Crippen molar-refractivity contribution in [3.8, 4) is 0 Å². The molecule has 0 aromatic heterocycles. The number of carbonyl (C=O) groups is 2. The van der Waals surface area contributed by atoms with Crippen molar-refractivity contribution in [3.63, 3.8) is 0 Å². The van der Waals surface area contributed by atoms with E-state index in [1.54, 1.807) is 0 Å². The van der Waals surface area contributed by atoms with E-state index in [1.807, 2.05) is 56.9 Å². The summed E-state index contributed by atoms with van der Waals surface area (Å²) >= 11 is 0. The van der Waals surface area contributed by atoms with Crippen LogP contribution in [-0.2, 0) is 28.9 Å². The van der Waals surface area contributed by atoms with Gasteiger partial charge in [-0.25, -0.2) is 4.79 Å². The van der Waals surface area contributed by atoms with Gasteiger partial charge in [-0.2, -0.15) is 5.06 Å². The fourth-order valence-electron chi connectivity index (χ4n) is 7.80. The molecule has 1 aromatic rings. The first-order chi connectivity index (χ1) is 16.4. The lowest BCUT2D eigenvalue weighted by Crippen LogP contribution is -2.81. The topological polar surface area (TPSA) is 77.5 Å². The summed E-state index contributed by atoms with van der Waals surface area (Å²) in [5.41, 5.74) is -0.700. The number of hydrogen-bond donors (Lipinski definition) is 0. The van der Waals surface area contributed by atoms with Gasteiger partial charge in [0.25, 0.3) is 5.91 Å². The molecule has 7 rings (SSSR count). The molecule has 5 saturated heterocycles. The molecular formula is C26H34N2O6Si. The molecule has 6 atom stereocenters. The number of ether oxygens (including phenoxy) is 2. The van der Waals surface area contributed by atoms with Crippen LogP contribution in [0.15, 0.2) is 35.5 Å². The molecule has 0 unspecified atom stereocenters. The second-order valence-corrected chi connectivity index (χ2v) is 15.6. The Balaban J connectivity index is 1.59. The van der Waals surface area contributed by atoms with Crippen LogP contribution in [0.4, 0.5) is 10.5 Å². The van der Waals surface area contributed by atoms with Crippen LogP contribution in [-0.4, -0.2) is 68.3 Å². The standard InChI is InChI=1S/C26H34N2O6Si/c1-8-19-26-16-14-32-20(21(26)34-35(19,6)7)25(13-18(16)27(26)23(30)33-24(2,3)4)15-11-9-10-12-17(15)28(31-5)22(25)29/h8-12,16,18,20-21H,13-14H2,1-7H3/b19-8+/t16-,18+,20-,21+,25+,26-/m1/s1. The number of hydroxylamine groups is 1. The van der Waals surface area contributed by atoms with E-state index < -0.39 is 37.1 Å². The fourth-order valence-corrected chi connectivity index (χ4v) is 11.0. The Labute approximate surface area is 207 Å². The second kappa shape index (κ2) is 6.97. The first-order valence-electron chi connectivity index (χ1n) is 12.4. The predicted molar refractivity (Wildman–Crippen MR) is 131 cm³/mol. The normalized spacial score (nSPS) is 39.5. The maximum atomic E-state index is 14.2. The fraction of sp³-hybridized carbons (Fsp3) is 0.615. The molecule has 6 aliphatic heterocycles. The molecule has 6 aliphatic rings. The zero-order chi connectivity index (χ0) is 25.1. The molecule has 6 heterocycles. The highest BCUT2D eigenvalue weighted by molar-refractivity contribution is 6.80.